The average Bonchev–Trinajstić information content (AvgIpc) is 2.14. The Morgan fingerprint density at radius 1 is 1.47 bits per heavy atom. The predicted octanol–water partition coefficient (Wildman–Crippen LogP) is 3.87. The molecule has 1 heterocycles. The van der Waals surface area contributed by atoms with Crippen molar-refractivity contribution in [2.45, 2.75) is 20.0 Å². The van der Waals surface area contributed by atoms with Gasteiger partial charge in [-0.3, -0.25) is 0 Å². The van der Waals surface area contributed by atoms with Crippen LogP contribution >= 0.6 is 23.2 Å². The van der Waals surface area contributed by atoms with Crippen LogP contribution in [0.2, 0.25) is 10.3 Å². The van der Waals surface area contributed by atoms with Gasteiger partial charge in [-0.25, -0.2) is 4.98 Å². The second kappa shape index (κ2) is 6.11. The fraction of sp³-hybridized carbons (Fsp3) is 0.364. The highest BCUT2D eigenvalue weighted by molar-refractivity contribution is 6.32. The van der Waals surface area contributed by atoms with Crippen molar-refractivity contribution < 1.29 is 4.74 Å². The maximum Gasteiger partial charge on any atom is 0.136 e. The number of halogens is 2. The molecule has 0 aliphatic carbocycles. The van der Waals surface area contributed by atoms with Crippen molar-refractivity contribution in [1.29, 1.82) is 0 Å². The van der Waals surface area contributed by atoms with Crippen molar-refractivity contribution in [3.05, 3.63) is 40.2 Å². The molecule has 0 radical (unpaired) electrons. The van der Waals surface area contributed by atoms with Crippen molar-refractivity contribution in [2.24, 2.45) is 0 Å². The molecule has 0 fully saturated rings. The largest absolute Gasteiger partial charge is 0.376 e. The first-order valence-corrected chi connectivity index (χ1v) is 5.38. The highest BCUT2D eigenvalue weighted by Gasteiger charge is 2.02. The Kier molecular flexibility index (Phi) is 5.09. The second-order valence-electron chi connectivity index (χ2n) is 3.34. The van der Waals surface area contributed by atoms with Crippen molar-refractivity contribution in [2.75, 3.05) is 6.61 Å². The molecule has 15 heavy (non-hydrogen) atoms. The maximum atomic E-state index is 5.88. The van der Waals surface area contributed by atoms with Crippen LogP contribution in [0.15, 0.2) is 24.3 Å². The molecule has 1 aromatic rings. The van der Waals surface area contributed by atoms with E-state index in [1.165, 1.54) is 0 Å². The predicted molar refractivity (Wildman–Crippen MR) is 63.3 cm³/mol. The van der Waals surface area contributed by atoms with Crippen molar-refractivity contribution in [3.63, 3.8) is 0 Å². The van der Waals surface area contributed by atoms with Gasteiger partial charge in [0.25, 0.3) is 0 Å². The zero-order chi connectivity index (χ0) is 11.3. The second-order valence-corrected chi connectivity index (χ2v) is 4.09. The SMILES string of the molecule is C=C(C)CCOCc1ccc(Cl)nc1Cl. The number of pyridine rings is 1. The van der Waals surface area contributed by atoms with E-state index in [1.54, 1.807) is 6.07 Å². The van der Waals surface area contributed by atoms with E-state index >= 15 is 0 Å². The van der Waals surface area contributed by atoms with Gasteiger partial charge in [0.1, 0.15) is 10.3 Å². The molecular formula is C11H13Cl2NO. The van der Waals surface area contributed by atoms with Crippen LogP contribution < -0.4 is 0 Å². The van der Waals surface area contributed by atoms with E-state index in [0.717, 1.165) is 17.6 Å². The number of aromatic nitrogens is 1. The van der Waals surface area contributed by atoms with Crippen LogP contribution in [0.25, 0.3) is 0 Å². The van der Waals surface area contributed by atoms with Crippen molar-refractivity contribution in [1.82, 2.24) is 4.98 Å². The van der Waals surface area contributed by atoms with E-state index in [4.69, 9.17) is 27.9 Å². The lowest BCUT2D eigenvalue weighted by atomic mass is 10.2. The molecule has 1 rings (SSSR count). The minimum Gasteiger partial charge on any atom is -0.376 e. The van der Waals surface area contributed by atoms with Gasteiger partial charge in [-0.2, -0.15) is 0 Å². The lowest BCUT2D eigenvalue weighted by molar-refractivity contribution is 0.123. The molecule has 0 spiro atoms. The Morgan fingerprint density at radius 3 is 2.80 bits per heavy atom. The number of ether oxygens (including phenoxy) is 1. The summed E-state index contributed by atoms with van der Waals surface area (Å²) in [4.78, 5) is 3.92. The van der Waals surface area contributed by atoms with Crippen LogP contribution in [0.4, 0.5) is 0 Å². The molecule has 1 aromatic heterocycles. The molecule has 0 aliphatic rings. The highest BCUT2D eigenvalue weighted by Crippen LogP contribution is 2.17. The third kappa shape index (κ3) is 4.65. The van der Waals surface area contributed by atoms with E-state index in [-0.39, 0.29) is 0 Å². The Labute approximate surface area is 99.9 Å². The Morgan fingerprint density at radius 2 is 2.20 bits per heavy atom. The van der Waals surface area contributed by atoms with Gasteiger partial charge in [0.2, 0.25) is 0 Å². The summed E-state index contributed by atoms with van der Waals surface area (Å²) in [5.41, 5.74) is 1.96. The number of rotatable bonds is 5. The molecule has 0 atom stereocenters. The van der Waals surface area contributed by atoms with Crippen LogP contribution in [0.5, 0.6) is 0 Å². The van der Waals surface area contributed by atoms with Crippen LogP contribution in [0.3, 0.4) is 0 Å². The molecule has 0 aromatic carbocycles. The Bertz CT molecular complexity index is 352. The summed E-state index contributed by atoms with van der Waals surface area (Å²) in [5.74, 6) is 0. The molecular weight excluding hydrogens is 233 g/mol. The summed E-state index contributed by atoms with van der Waals surface area (Å²) in [6, 6.07) is 3.52. The first kappa shape index (κ1) is 12.5. The molecule has 0 saturated carbocycles. The van der Waals surface area contributed by atoms with Gasteiger partial charge in [-0.15, -0.1) is 6.58 Å². The van der Waals surface area contributed by atoms with Crippen LogP contribution in [0, 0.1) is 0 Å². The van der Waals surface area contributed by atoms with Gasteiger partial charge in [-0.05, 0) is 19.4 Å². The number of hydrogen-bond acceptors (Lipinski definition) is 2. The van der Waals surface area contributed by atoms with Crippen LogP contribution in [-0.4, -0.2) is 11.6 Å². The van der Waals surface area contributed by atoms with E-state index in [0.29, 0.717) is 23.5 Å². The zero-order valence-electron chi connectivity index (χ0n) is 8.59. The lowest BCUT2D eigenvalue weighted by Gasteiger charge is -2.05. The van der Waals surface area contributed by atoms with E-state index in [2.05, 4.69) is 11.6 Å². The number of hydrogen-bond donors (Lipinski definition) is 0. The topological polar surface area (TPSA) is 22.1 Å². The molecule has 0 amide bonds. The van der Waals surface area contributed by atoms with E-state index in [1.807, 2.05) is 13.0 Å². The minimum absolute atomic E-state index is 0.394. The monoisotopic (exact) mass is 245 g/mol. The zero-order valence-corrected chi connectivity index (χ0v) is 10.1. The van der Waals surface area contributed by atoms with Crippen molar-refractivity contribution >= 4 is 23.2 Å². The minimum atomic E-state index is 0.394. The van der Waals surface area contributed by atoms with Gasteiger partial charge < -0.3 is 4.74 Å². The molecule has 0 unspecified atom stereocenters. The fourth-order valence-corrected chi connectivity index (χ4v) is 1.38. The third-order valence-corrected chi connectivity index (χ3v) is 2.36. The van der Waals surface area contributed by atoms with E-state index in [9.17, 15) is 0 Å². The summed E-state index contributed by atoms with van der Waals surface area (Å²) in [7, 11) is 0. The normalized spacial score (nSPS) is 10.3. The summed E-state index contributed by atoms with van der Waals surface area (Å²) in [5, 5.41) is 0.795. The molecule has 82 valence electrons. The lowest BCUT2D eigenvalue weighted by Crippen LogP contribution is -1.97. The molecule has 0 N–H and O–H groups in total. The number of nitrogens with zero attached hydrogens (tertiary/aromatic N) is 1. The quantitative estimate of drug-likeness (QED) is 0.447. The molecule has 0 aliphatic heterocycles. The summed E-state index contributed by atoms with van der Waals surface area (Å²) >= 11 is 11.5. The first-order valence-electron chi connectivity index (χ1n) is 4.62. The van der Waals surface area contributed by atoms with Gasteiger partial charge >= 0.3 is 0 Å². The molecule has 2 nitrogen and oxygen atoms in total. The molecule has 0 bridgehead atoms. The van der Waals surface area contributed by atoms with Crippen LogP contribution in [-0.2, 0) is 11.3 Å². The first-order chi connectivity index (χ1) is 7.09. The third-order valence-electron chi connectivity index (χ3n) is 1.82. The average molecular weight is 246 g/mol. The van der Waals surface area contributed by atoms with Crippen molar-refractivity contribution in [3.8, 4) is 0 Å². The molecule has 0 saturated heterocycles. The Hall–Kier alpha value is -0.570. The van der Waals surface area contributed by atoms with Gasteiger partial charge in [0.15, 0.2) is 0 Å². The van der Waals surface area contributed by atoms with Gasteiger partial charge in [-0.1, -0.05) is 34.8 Å². The summed E-state index contributed by atoms with van der Waals surface area (Å²) in [6.45, 7) is 6.87. The standard InChI is InChI=1S/C11H13Cl2NO/c1-8(2)5-6-15-7-9-3-4-10(12)14-11(9)13/h3-4H,1,5-7H2,2H3. The van der Waals surface area contributed by atoms with E-state index < -0.39 is 0 Å². The summed E-state index contributed by atoms with van der Waals surface area (Å²) < 4.78 is 5.42. The molecule has 4 heteroatoms. The van der Waals surface area contributed by atoms with Gasteiger partial charge in [0, 0.05) is 5.56 Å². The van der Waals surface area contributed by atoms with Crippen LogP contribution in [0.1, 0.15) is 18.9 Å². The summed E-state index contributed by atoms with van der Waals surface area (Å²) in [6.07, 6.45) is 0.860. The maximum absolute atomic E-state index is 5.88. The van der Waals surface area contributed by atoms with Gasteiger partial charge in [0.05, 0.1) is 13.2 Å². The highest BCUT2D eigenvalue weighted by atomic mass is 35.5. The fourth-order valence-electron chi connectivity index (χ4n) is 0.977. The smallest absolute Gasteiger partial charge is 0.136 e. The Balaban J connectivity index is 2.40.